The Kier molecular flexibility index (Phi) is 5.36. The van der Waals surface area contributed by atoms with Gasteiger partial charge in [-0.25, -0.2) is 0 Å². The van der Waals surface area contributed by atoms with Crippen LogP contribution in [0, 0.1) is 0 Å². The molecule has 1 amide bonds. The lowest BCUT2D eigenvalue weighted by molar-refractivity contribution is 0.0636. The van der Waals surface area contributed by atoms with E-state index >= 15 is 0 Å². The van der Waals surface area contributed by atoms with Crippen molar-refractivity contribution in [2.24, 2.45) is 0 Å². The van der Waals surface area contributed by atoms with Crippen LogP contribution in [-0.2, 0) is 0 Å². The van der Waals surface area contributed by atoms with Gasteiger partial charge in [0, 0.05) is 31.7 Å². The standard InChI is InChI=1S/C15H23N3O/c1-16-8-5-9-17-10-12-18(13-11-17)15(19)14-6-3-2-4-7-14/h2-4,6-7,16H,5,8-13H2,1H3. The van der Waals surface area contributed by atoms with Crippen LogP contribution in [-0.4, -0.2) is 62.0 Å². The van der Waals surface area contributed by atoms with Crippen molar-refractivity contribution in [2.45, 2.75) is 6.42 Å². The number of nitrogens with zero attached hydrogens (tertiary/aromatic N) is 2. The van der Waals surface area contributed by atoms with E-state index in [1.54, 1.807) is 0 Å². The maximum absolute atomic E-state index is 12.3. The van der Waals surface area contributed by atoms with Crippen LogP contribution in [0.25, 0.3) is 0 Å². The molecule has 0 unspecified atom stereocenters. The summed E-state index contributed by atoms with van der Waals surface area (Å²) in [6.07, 6.45) is 1.17. The Morgan fingerprint density at radius 2 is 1.84 bits per heavy atom. The molecule has 1 N–H and O–H groups in total. The second kappa shape index (κ2) is 7.26. The van der Waals surface area contributed by atoms with Gasteiger partial charge in [0.15, 0.2) is 0 Å². The van der Waals surface area contributed by atoms with Gasteiger partial charge in [-0.1, -0.05) is 18.2 Å². The molecule has 1 saturated heterocycles. The van der Waals surface area contributed by atoms with E-state index in [9.17, 15) is 4.79 Å². The van der Waals surface area contributed by atoms with Crippen LogP contribution >= 0.6 is 0 Å². The zero-order chi connectivity index (χ0) is 13.5. The molecule has 0 aliphatic carbocycles. The molecule has 0 atom stereocenters. The zero-order valence-corrected chi connectivity index (χ0v) is 11.6. The Morgan fingerprint density at radius 1 is 1.16 bits per heavy atom. The van der Waals surface area contributed by atoms with Crippen LogP contribution in [0.1, 0.15) is 16.8 Å². The lowest BCUT2D eigenvalue weighted by Gasteiger charge is -2.34. The fourth-order valence-electron chi connectivity index (χ4n) is 2.42. The Balaban J connectivity index is 1.78. The number of benzene rings is 1. The van der Waals surface area contributed by atoms with Crippen molar-refractivity contribution in [3.8, 4) is 0 Å². The third kappa shape index (κ3) is 4.04. The quantitative estimate of drug-likeness (QED) is 0.805. The van der Waals surface area contributed by atoms with Crippen molar-refractivity contribution < 1.29 is 4.79 Å². The van der Waals surface area contributed by atoms with E-state index in [4.69, 9.17) is 0 Å². The molecule has 0 radical (unpaired) electrons. The van der Waals surface area contributed by atoms with Gasteiger partial charge in [-0.3, -0.25) is 9.69 Å². The van der Waals surface area contributed by atoms with Gasteiger partial charge >= 0.3 is 0 Å². The van der Waals surface area contributed by atoms with Crippen molar-refractivity contribution in [3.05, 3.63) is 35.9 Å². The van der Waals surface area contributed by atoms with Gasteiger partial charge in [-0.2, -0.15) is 0 Å². The first-order valence-corrected chi connectivity index (χ1v) is 7.02. The number of carbonyl (C=O) groups excluding carboxylic acids is 1. The molecule has 1 aromatic carbocycles. The summed E-state index contributed by atoms with van der Waals surface area (Å²) in [5.74, 6) is 0.162. The van der Waals surface area contributed by atoms with Gasteiger partial charge in [-0.05, 0) is 38.7 Å². The van der Waals surface area contributed by atoms with Crippen molar-refractivity contribution in [1.82, 2.24) is 15.1 Å². The Bertz CT molecular complexity index is 386. The van der Waals surface area contributed by atoms with Crippen LogP contribution in [0.15, 0.2) is 30.3 Å². The fourth-order valence-corrected chi connectivity index (χ4v) is 2.42. The van der Waals surface area contributed by atoms with Crippen LogP contribution < -0.4 is 5.32 Å². The molecule has 1 aliphatic rings. The molecule has 1 aromatic rings. The highest BCUT2D eigenvalue weighted by Crippen LogP contribution is 2.08. The average Bonchev–Trinajstić information content (AvgIpc) is 2.48. The van der Waals surface area contributed by atoms with Crippen molar-refractivity contribution in [1.29, 1.82) is 0 Å². The number of carbonyl (C=O) groups is 1. The van der Waals surface area contributed by atoms with Crippen molar-refractivity contribution in [2.75, 3.05) is 46.3 Å². The predicted octanol–water partition coefficient (Wildman–Crippen LogP) is 1.05. The SMILES string of the molecule is CNCCCN1CCN(C(=O)c2ccccc2)CC1. The molecular weight excluding hydrogens is 238 g/mol. The molecule has 2 rings (SSSR count). The summed E-state index contributed by atoms with van der Waals surface area (Å²) in [5.41, 5.74) is 0.797. The Hall–Kier alpha value is -1.39. The maximum atomic E-state index is 12.3. The molecule has 4 heteroatoms. The highest BCUT2D eigenvalue weighted by molar-refractivity contribution is 5.94. The minimum absolute atomic E-state index is 0.162. The number of hydrogen-bond donors (Lipinski definition) is 1. The summed E-state index contributed by atoms with van der Waals surface area (Å²) in [7, 11) is 1.98. The molecule has 1 heterocycles. The average molecular weight is 261 g/mol. The van der Waals surface area contributed by atoms with E-state index in [0.717, 1.165) is 44.8 Å². The molecule has 104 valence electrons. The zero-order valence-electron chi connectivity index (χ0n) is 11.6. The fraction of sp³-hybridized carbons (Fsp3) is 0.533. The van der Waals surface area contributed by atoms with E-state index in [-0.39, 0.29) is 5.91 Å². The number of hydrogen-bond acceptors (Lipinski definition) is 3. The van der Waals surface area contributed by atoms with Crippen LogP contribution in [0.3, 0.4) is 0 Å². The second-order valence-electron chi connectivity index (χ2n) is 4.96. The topological polar surface area (TPSA) is 35.6 Å². The highest BCUT2D eigenvalue weighted by Gasteiger charge is 2.21. The molecule has 0 aromatic heterocycles. The molecule has 4 nitrogen and oxygen atoms in total. The van der Waals surface area contributed by atoms with Gasteiger partial charge in [0.2, 0.25) is 0 Å². The molecule has 1 fully saturated rings. The van der Waals surface area contributed by atoms with Gasteiger partial charge in [0.05, 0.1) is 0 Å². The lowest BCUT2D eigenvalue weighted by Crippen LogP contribution is -2.49. The Labute approximate surface area is 115 Å². The lowest BCUT2D eigenvalue weighted by atomic mass is 10.2. The number of rotatable bonds is 5. The monoisotopic (exact) mass is 261 g/mol. The first-order chi connectivity index (χ1) is 9.31. The summed E-state index contributed by atoms with van der Waals surface area (Å²) in [6, 6.07) is 9.56. The maximum Gasteiger partial charge on any atom is 0.253 e. The van der Waals surface area contributed by atoms with Crippen molar-refractivity contribution in [3.63, 3.8) is 0 Å². The van der Waals surface area contributed by atoms with E-state index in [2.05, 4.69) is 10.2 Å². The first kappa shape index (κ1) is 14.0. The minimum atomic E-state index is 0.162. The summed E-state index contributed by atoms with van der Waals surface area (Å²) >= 11 is 0. The van der Waals surface area contributed by atoms with E-state index in [0.29, 0.717) is 0 Å². The number of amides is 1. The molecular formula is C15H23N3O. The molecule has 0 spiro atoms. The van der Waals surface area contributed by atoms with Gasteiger partial charge in [-0.15, -0.1) is 0 Å². The summed E-state index contributed by atoms with van der Waals surface area (Å²) in [4.78, 5) is 16.7. The van der Waals surface area contributed by atoms with Crippen LogP contribution in [0.2, 0.25) is 0 Å². The van der Waals surface area contributed by atoms with Crippen LogP contribution in [0.5, 0.6) is 0 Å². The number of piperazine rings is 1. The van der Waals surface area contributed by atoms with E-state index in [1.165, 1.54) is 6.42 Å². The van der Waals surface area contributed by atoms with Crippen molar-refractivity contribution >= 4 is 5.91 Å². The van der Waals surface area contributed by atoms with Gasteiger partial charge in [0.25, 0.3) is 5.91 Å². The molecule has 0 saturated carbocycles. The Morgan fingerprint density at radius 3 is 2.47 bits per heavy atom. The summed E-state index contributed by atoms with van der Waals surface area (Å²) < 4.78 is 0. The second-order valence-corrected chi connectivity index (χ2v) is 4.96. The molecule has 1 aliphatic heterocycles. The smallest absolute Gasteiger partial charge is 0.253 e. The van der Waals surface area contributed by atoms with E-state index < -0.39 is 0 Å². The first-order valence-electron chi connectivity index (χ1n) is 7.02. The van der Waals surface area contributed by atoms with Crippen LogP contribution in [0.4, 0.5) is 0 Å². The number of nitrogens with one attached hydrogen (secondary N) is 1. The minimum Gasteiger partial charge on any atom is -0.336 e. The van der Waals surface area contributed by atoms with Gasteiger partial charge in [0.1, 0.15) is 0 Å². The van der Waals surface area contributed by atoms with E-state index in [1.807, 2.05) is 42.3 Å². The molecule has 0 bridgehead atoms. The normalized spacial score (nSPS) is 16.6. The highest BCUT2D eigenvalue weighted by atomic mass is 16.2. The largest absolute Gasteiger partial charge is 0.336 e. The summed E-state index contributed by atoms with van der Waals surface area (Å²) in [5, 5.41) is 3.16. The summed E-state index contributed by atoms with van der Waals surface area (Å²) in [6.45, 7) is 5.84. The third-order valence-corrected chi connectivity index (χ3v) is 3.58. The third-order valence-electron chi connectivity index (χ3n) is 3.58. The predicted molar refractivity (Wildman–Crippen MR) is 77.3 cm³/mol. The van der Waals surface area contributed by atoms with Gasteiger partial charge < -0.3 is 10.2 Å². The molecule has 19 heavy (non-hydrogen) atoms.